The summed E-state index contributed by atoms with van der Waals surface area (Å²) in [7, 11) is 1.70. The summed E-state index contributed by atoms with van der Waals surface area (Å²) in [4.78, 5) is 19.1. The van der Waals surface area contributed by atoms with Crippen molar-refractivity contribution in [2.24, 2.45) is 0 Å². The maximum Gasteiger partial charge on any atom is 0.328 e. The molecule has 0 aliphatic carbocycles. The topological polar surface area (TPSA) is 125 Å². The Hall–Kier alpha value is -2.42. The number of benzene rings is 1. The standard InChI is InChI=1S/C15H25NO3.C4H4O4/c1-12(2)16-10-14(17)11-19-15-6-4-13(5-7-15)8-9-18-3;5-3(6)1-2-4(7)8/h4-7,12,14,16-17H,8-11H2,1-3H3;1-2H,(H,5,6)(H,7,8)/t14-;/m0./s1. The average Bonchev–Trinajstić information content (AvgIpc) is 2.62. The lowest BCUT2D eigenvalue weighted by Gasteiger charge is -2.15. The van der Waals surface area contributed by atoms with E-state index in [1.54, 1.807) is 7.11 Å². The zero-order chi connectivity index (χ0) is 20.7. The molecule has 0 aromatic heterocycles. The minimum absolute atomic E-state index is 0.303. The average molecular weight is 383 g/mol. The normalized spacial score (nSPS) is 11.7. The van der Waals surface area contributed by atoms with Crippen molar-refractivity contribution in [2.45, 2.75) is 32.4 Å². The number of nitrogens with one attached hydrogen (secondary N) is 1. The highest BCUT2D eigenvalue weighted by molar-refractivity contribution is 5.89. The molecule has 1 rings (SSSR count). The van der Waals surface area contributed by atoms with Gasteiger partial charge in [0.05, 0.1) is 6.61 Å². The van der Waals surface area contributed by atoms with Crippen LogP contribution in [-0.4, -0.2) is 66.3 Å². The molecule has 0 radical (unpaired) electrons. The number of aliphatic carboxylic acids is 2. The van der Waals surface area contributed by atoms with E-state index in [1.165, 1.54) is 5.56 Å². The first kappa shape index (κ1) is 24.6. The minimum atomic E-state index is -1.26. The van der Waals surface area contributed by atoms with E-state index in [0.29, 0.717) is 31.3 Å². The van der Waals surface area contributed by atoms with E-state index in [4.69, 9.17) is 19.7 Å². The minimum Gasteiger partial charge on any atom is -0.491 e. The Morgan fingerprint density at radius 1 is 1.11 bits per heavy atom. The fourth-order valence-corrected chi connectivity index (χ4v) is 1.74. The van der Waals surface area contributed by atoms with E-state index in [0.717, 1.165) is 18.8 Å². The molecule has 1 aromatic carbocycles. The Kier molecular flexibility index (Phi) is 13.4. The second-order valence-corrected chi connectivity index (χ2v) is 5.92. The van der Waals surface area contributed by atoms with Crippen LogP contribution in [0.2, 0.25) is 0 Å². The van der Waals surface area contributed by atoms with Crippen molar-refractivity contribution in [3.63, 3.8) is 0 Å². The largest absolute Gasteiger partial charge is 0.491 e. The van der Waals surface area contributed by atoms with E-state index in [2.05, 4.69) is 5.32 Å². The molecule has 8 nitrogen and oxygen atoms in total. The fraction of sp³-hybridized carbons (Fsp3) is 0.474. The predicted octanol–water partition coefficient (Wildman–Crippen LogP) is 1.32. The van der Waals surface area contributed by atoms with Gasteiger partial charge < -0.3 is 30.1 Å². The summed E-state index contributed by atoms with van der Waals surface area (Å²) in [6.45, 7) is 5.67. The van der Waals surface area contributed by atoms with Gasteiger partial charge in [-0.1, -0.05) is 26.0 Å². The van der Waals surface area contributed by atoms with Crippen molar-refractivity contribution in [3.05, 3.63) is 42.0 Å². The molecule has 0 spiro atoms. The predicted molar refractivity (Wildman–Crippen MR) is 101 cm³/mol. The van der Waals surface area contributed by atoms with Gasteiger partial charge in [-0.2, -0.15) is 0 Å². The first-order chi connectivity index (χ1) is 12.7. The smallest absolute Gasteiger partial charge is 0.328 e. The van der Waals surface area contributed by atoms with Gasteiger partial charge in [0.15, 0.2) is 0 Å². The molecular formula is C19H29NO7. The monoisotopic (exact) mass is 383 g/mol. The lowest BCUT2D eigenvalue weighted by Crippen LogP contribution is -2.35. The van der Waals surface area contributed by atoms with Gasteiger partial charge >= 0.3 is 11.9 Å². The van der Waals surface area contributed by atoms with Gasteiger partial charge in [-0.25, -0.2) is 9.59 Å². The zero-order valence-electron chi connectivity index (χ0n) is 15.9. The molecule has 0 heterocycles. The highest BCUT2D eigenvalue weighted by Crippen LogP contribution is 2.12. The molecule has 0 saturated heterocycles. The van der Waals surface area contributed by atoms with Crippen molar-refractivity contribution >= 4 is 11.9 Å². The van der Waals surface area contributed by atoms with Crippen molar-refractivity contribution in [1.82, 2.24) is 5.32 Å². The van der Waals surface area contributed by atoms with Crippen LogP contribution in [-0.2, 0) is 20.7 Å². The van der Waals surface area contributed by atoms with E-state index < -0.39 is 18.0 Å². The van der Waals surface area contributed by atoms with Gasteiger partial charge in [-0.3, -0.25) is 0 Å². The highest BCUT2D eigenvalue weighted by Gasteiger charge is 2.06. The second kappa shape index (κ2) is 14.7. The van der Waals surface area contributed by atoms with Crippen LogP contribution < -0.4 is 10.1 Å². The van der Waals surface area contributed by atoms with Crippen LogP contribution in [0.15, 0.2) is 36.4 Å². The summed E-state index contributed by atoms with van der Waals surface area (Å²) in [6, 6.07) is 8.26. The number of ether oxygens (including phenoxy) is 2. The molecule has 8 heteroatoms. The van der Waals surface area contributed by atoms with Crippen molar-refractivity contribution < 1.29 is 34.4 Å². The number of carbonyl (C=O) groups is 2. The van der Waals surface area contributed by atoms with Gasteiger partial charge in [-0.05, 0) is 24.1 Å². The molecule has 27 heavy (non-hydrogen) atoms. The number of carboxylic acids is 2. The van der Waals surface area contributed by atoms with Crippen LogP contribution in [0.1, 0.15) is 19.4 Å². The fourth-order valence-electron chi connectivity index (χ4n) is 1.74. The van der Waals surface area contributed by atoms with Crippen LogP contribution in [0.3, 0.4) is 0 Å². The van der Waals surface area contributed by atoms with Crippen molar-refractivity contribution in [3.8, 4) is 5.75 Å². The number of rotatable bonds is 11. The molecule has 1 aromatic rings. The first-order valence-corrected chi connectivity index (χ1v) is 8.50. The van der Waals surface area contributed by atoms with Gasteiger partial charge in [-0.15, -0.1) is 0 Å². The highest BCUT2D eigenvalue weighted by atomic mass is 16.5. The molecule has 0 bridgehead atoms. The van der Waals surface area contributed by atoms with Gasteiger partial charge in [0, 0.05) is 31.8 Å². The van der Waals surface area contributed by atoms with E-state index in [1.807, 2.05) is 38.1 Å². The summed E-state index contributed by atoms with van der Waals surface area (Å²) in [5.74, 6) is -1.73. The zero-order valence-corrected chi connectivity index (χ0v) is 15.9. The molecule has 4 N–H and O–H groups in total. The number of hydrogen-bond donors (Lipinski definition) is 4. The number of aliphatic hydroxyl groups is 1. The number of methoxy groups -OCH3 is 1. The Bertz CT molecular complexity index is 554. The molecule has 0 saturated carbocycles. The van der Waals surface area contributed by atoms with E-state index in [9.17, 15) is 14.7 Å². The summed E-state index contributed by atoms with van der Waals surface area (Å²) in [6.07, 6.45) is 1.53. The van der Waals surface area contributed by atoms with E-state index >= 15 is 0 Å². The Morgan fingerprint density at radius 3 is 2.11 bits per heavy atom. The Morgan fingerprint density at radius 2 is 1.67 bits per heavy atom. The third kappa shape index (κ3) is 15.5. The molecule has 0 aliphatic rings. The summed E-state index contributed by atoms with van der Waals surface area (Å²) in [5.41, 5.74) is 1.22. The number of carboxylic acid groups (broad SMARTS) is 2. The van der Waals surface area contributed by atoms with Crippen molar-refractivity contribution in [2.75, 3.05) is 26.9 Å². The van der Waals surface area contributed by atoms with Crippen LogP contribution >= 0.6 is 0 Å². The van der Waals surface area contributed by atoms with Crippen LogP contribution in [0.4, 0.5) is 0 Å². The summed E-state index contributed by atoms with van der Waals surface area (Å²) in [5, 5.41) is 28.5. The van der Waals surface area contributed by atoms with Crippen LogP contribution in [0.5, 0.6) is 5.75 Å². The molecular weight excluding hydrogens is 354 g/mol. The first-order valence-electron chi connectivity index (χ1n) is 8.50. The van der Waals surface area contributed by atoms with Gasteiger partial charge in [0.25, 0.3) is 0 Å². The molecule has 1 atom stereocenters. The van der Waals surface area contributed by atoms with Crippen LogP contribution in [0.25, 0.3) is 0 Å². The van der Waals surface area contributed by atoms with Gasteiger partial charge in [0.2, 0.25) is 0 Å². The van der Waals surface area contributed by atoms with Gasteiger partial charge in [0.1, 0.15) is 18.5 Å². The summed E-state index contributed by atoms with van der Waals surface area (Å²) >= 11 is 0. The third-order valence-corrected chi connectivity index (χ3v) is 3.09. The molecule has 0 fully saturated rings. The van der Waals surface area contributed by atoms with E-state index in [-0.39, 0.29) is 0 Å². The maximum absolute atomic E-state index is 9.73. The lowest BCUT2D eigenvalue weighted by atomic mass is 10.1. The third-order valence-electron chi connectivity index (χ3n) is 3.09. The second-order valence-electron chi connectivity index (χ2n) is 5.92. The Balaban J connectivity index is 0.000000713. The lowest BCUT2D eigenvalue weighted by molar-refractivity contribution is -0.134. The quantitative estimate of drug-likeness (QED) is 0.422. The number of hydrogen-bond acceptors (Lipinski definition) is 6. The van der Waals surface area contributed by atoms with Crippen LogP contribution in [0, 0.1) is 0 Å². The molecule has 0 amide bonds. The molecule has 0 unspecified atom stereocenters. The maximum atomic E-state index is 9.73. The summed E-state index contributed by atoms with van der Waals surface area (Å²) < 4.78 is 10.6. The van der Waals surface area contributed by atoms with Crippen molar-refractivity contribution in [1.29, 1.82) is 0 Å². The Labute approximate surface area is 159 Å². The SMILES string of the molecule is COCCc1ccc(OC[C@@H](O)CNC(C)C)cc1.O=C(O)C=CC(=O)O. The molecule has 152 valence electrons. The molecule has 0 aliphatic heterocycles. The number of aliphatic hydroxyl groups excluding tert-OH is 1.